The molecule has 0 bridgehead atoms. The van der Waals surface area contributed by atoms with Gasteiger partial charge in [0.2, 0.25) is 21.8 Å². The highest BCUT2D eigenvalue weighted by Crippen LogP contribution is 2.26. The SMILES string of the molecule is CCNC(=O)[C@@H](Cc1ccccc1)N(Cc1ccc(Cl)c(Cl)c1)C(=O)CN(c1ccc(C)c(C)c1)S(C)(=O)=O. The van der Waals surface area contributed by atoms with E-state index in [1.54, 1.807) is 37.3 Å². The van der Waals surface area contributed by atoms with E-state index in [9.17, 15) is 18.0 Å². The predicted molar refractivity (Wildman–Crippen MR) is 158 cm³/mol. The van der Waals surface area contributed by atoms with Crippen molar-refractivity contribution in [2.75, 3.05) is 23.7 Å². The summed E-state index contributed by atoms with van der Waals surface area (Å²) in [6.45, 7) is 5.52. The van der Waals surface area contributed by atoms with Crippen LogP contribution in [0.1, 0.15) is 29.2 Å². The number of anilines is 1. The Balaban J connectivity index is 2.07. The highest BCUT2D eigenvalue weighted by molar-refractivity contribution is 7.92. The molecule has 2 amide bonds. The number of amides is 2. The molecule has 0 heterocycles. The maximum atomic E-state index is 14.0. The van der Waals surface area contributed by atoms with Gasteiger partial charge in [-0.25, -0.2) is 8.42 Å². The Hall–Kier alpha value is -3.07. The molecule has 208 valence electrons. The largest absolute Gasteiger partial charge is 0.355 e. The summed E-state index contributed by atoms with van der Waals surface area (Å²) in [6.07, 6.45) is 1.30. The van der Waals surface area contributed by atoms with Gasteiger partial charge < -0.3 is 10.2 Å². The van der Waals surface area contributed by atoms with Crippen molar-refractivity contribution >= 4 is 50.7 Å². The Morgan fingerprint density at radius 3 is 2.18 bits per heavy atom. The summed E-state index contributed by atoms with van der Waals surface area (Å²) in [5, 5.41) is 3.50. The summed E-state index contributed by atoms with van der Waals surface area (Å²) < 4.78 is 26.8. The first-order valence-electron chi connectivity index (χ1n) is 12.5. The van der Waals surface area contributed by atoms with E-state index in [0.29, 0.717) is 27.8 Å². The second-order valence-electron chi connectivity index (χ2n) is 9.41. The van der Waals surface area contributed by atoms with Crippen LogP contribution in [-0.2, 0) is 32.6 Å². The van der Waals surface area contributed by atoms with Crippen molar-refractivity contribution in [2.24, 2.45) is 0 Å². The van der Waals surface area contributed by atoms with Crippen molar-refractivity contribution in [3.8, 4) is 0 Å². The molecule has 7 nitrogen and oxygen atoms in total. The van der Waals surface area contributed by atoms with Gasteiger partial charge in [0.15, 0.2) is 0 Å². The summed E-state index contributed by atoms with van der Waals surface area (Å²) in [5.41, 5.74) is 3.78. The summed E-state index contributed by atoms with van der Waals surface area (Å²) in [4.78, 5) is 28.8. The van der Waals surface area contributed by atoms with Crippen LogP contribution in [0.4, 0.5) is 5.69 Å². The number of aryl methyl sites for hydroxylation is 2. The average Bonchev–Trinajstić information content (AvgIpc) is 2.88. The Kier molecular flexibility index (Phi) is 10.4. The van der Waals surface area contributed by atoms with Gasteiger partial charge in [0.25, 0.3) is 0 Å². The van der Waals surface area contributed by atoms with Crippen LogP contribution in [0.2, 0.25) is 10.0 Å². The molecule has 0 saturated carbocycles. The predicted octanol–water partition coefficient (Wildman–Crippen LogP) is 5.15. The number of benzene rings is 3. The number of halogens is 2. The van der Waals surface area contributed by atoms with Gasteiger partial charge in [-0.2, -0.15) is 0 Å². The van der Waals surface area contributed by atoms with Crippen LogP contribution < -0.4 is 9.62 Å². The maximum Gasteiger partial charge on any atom is 0.244 e. The number of nitrogens with one attached hydrogen (secondary N) is 1. The Morgan fingerprint density at radius 2 is 1.59 bits per heavy atom. The van der Waals surface area contributed by atoms with Crippen molar-refractivity contribution in [1.29, 1.82) is 0 Å². The molecule has 0 unspecified atom stereocenters. The molecule has 3 aromatic rings. The fraction of sp³-hybridized carbons (Fsp3) is 0.310. The number of hydrogen-bond donors (Lipinski definition) is 1. The van der Waals surface area contributed by atoms with Crippen molar-refractivity contribution in [3.63, 3.8) is 0 Å². The third kappa shape index (κ3) is 8.21. The molecule has 0 aliphatic heterocycles. The maximum absolute atomic E-state index is 14.0. The second kappa shape index (κ2) is 13.3. The van der Waals surface area contributed by atoms with Crippen LogP contribution in [-0.4, -0.2) is 50.5 Å². The van der Waals surface area contributed by atoms with Gasteiger partial charge in [-0.15, -0.1) is 0 Å². The molecule has 0 fully saturated rings. The summed E-state index contributed by atoms with van der Waals surface area (Å²) in [5.74, 6) is -0.872. The van der Waals surface area contributed by atoms with Gasteiger partial charge in [0.1, 0.15) is 12.6 Å². The molecule has 0 spiro atoms. The fourth-order valence-corrected chi connectivity index (χ4v) is 5.34. The third-order valence-corrected chi connectivity index (χ3v) is 8.30. The quantitative estimate of drug-likeness (QED) is 0.335. The van der Waals surface area contributed by atoms with E-state index in [4.69, 9.17) is 23.2 Å². The van der Waals surface area contributed by atoms with E-state index in [0.717, 1.165) is 27.3 Å². The molecular weight excluding hydrogens is 557 g/mol. The van der Waals surface area contributed by atoms with Crippen molar-refractivity contribution in [2.45, 2.75) is 39.8 Å². The van der Waals surface area contributed by atoms with Crippen LogP contribution in [0, 0.1) is 13.8 Å². The Labute approximate surface area is 240 Å². The number of carbonyl (C=O) groups excluding carboxylic acids is 2. The van der Waals surface area contributed by atoms with Gasteiger partial charge in [-0.05, 0) is 67.3 Å². The normalized spacial score (nSPS) is 12.1. The van der Waals surface area contributed by atoms with E-state index in [2.05, 4.69) is 5.32 Å². The van der Waals surface area contributed by atoms with Gasteiger partial charge in [-0.3, -0.25) is 13.9 Å². The zero-order valence-corrected chi connectivity index (χ0v) is 24.8. The molecule has 0 aliphatic rings. The molecule has 3 aromatic carbocycles. The smallest absolute Gasteiger partial charge is 0.244 e. The molecule has 39 heavy (non-hydrogen) atoms. The molecular formula is C29H33Cl2N3O4S. The molecule has 3 rings (SSSR count). The summed E-state index contributed by atoms with van der Waals surface area (Å²) in [6, 6.07) is 18.7. The number of carbonyl (C=O) groups is 2. The number of nitrogens with zero attached hydrogens (tertiary/aromatic N) is 2. The highest BCUT2D eigenvalue weighted by Gasteiger charge is 2.33. The summed E-state index contributed by atoms with van der Waals surface area (Å²) >= 11 is 12.4. The molecule has 0 saturated heterocycles. The molecule has 1 N–H and O–H groups in total. The van der Waals surface area contributed by atoms with Gasteiger partial charge in [-0.1, -0.05) is 65.7 Å². The van der Waals surface area contributed by atoms with E-state index < -0.39 is 28.5 Å². The molecule has 1 atom stereocenters. The zero-order chi connectivity index (χ0) is 28.7. The monoisotopic (exact) mass is 589 g/mol. The lowest BCUT2D eigenvalue weighted by molar-refractivity contribution is -0.140. The van der Waals surface area contributed by atoms with Crippen molar-refractivity contribution in [1.82, 2.24) is 10.2 Å². The van der Waals surface area contributed by atoms with E-state index >= 15 is 0 Å². The van der Waals surface area contributed by atoms with E-state index in [-0.39, 0.29) is 18.9 Å². The van der Waals surface area contributed by atoms with Crippen molar-refractivity contribution < 1.29 is 18.0 Å². The number of rotatable bonds is 11. The minimum Gasteiger partial charge on any atom is -0.355 e. The number of likely N-dealkylation sites (N-methyl/N-ethyl adjacent to an activating group) is 1. The van der Waals surface area contributed by atoms with E-state index in [1.165, 1.54) is 4.90 Å². The van der Waals surface area contributed by atoms with Crippen LogP contribution in [0.15, 0.2) is 66.7 Å². The molecule has 0 aromatic heterocycles. The average molecular weight is 591 g/mol. The minimum atomic E-state index is -3.83. The first kappa shape index (κ1) is 30.5. The molecule has 10 heteroatoms. The van der Waals surface area contributed by atoms with Crippen molar-refractivity contribution in [3.05, 3.63) is 99.0 Å². The van der Waals surface area contributed by atoms with Gasteiger partial charge >= 0.3 is 0 Å². The van der Waals surface area contributed by atoms with Crippen LogP contribution in [0.3, 0.4) is 0 Å². The first-order valence-corrected chi connectivity index (χ1v) is 15.1. The van der Waals surface area contributed by atoms with Gasteiger partial charge in [0, 0.05) is 19.5 Å². The standard InChI is InChI=1S/C29H33Cl2N3O4S/c1-5-32-29(36)27(17-22-9-7-6-8-10-22)33(18-23-12-14-25(30)26(31)16-23)28(35)19-34(39(4,37)38)24-13-11-20(2)21(3)15-24/h6-16,27H,5,17-19H2,1-4H3,(H,32,36)/t27-/m1/s1. The van der Waals surface area contributed by atoms with Crippen LogP contribution >= 0.6 is 23.2 Å². The minimum absolute atomic E-state index is 0.0227. The first-order chi connectivity index (χ1) is 18.4. The molecule has 0 aliphatic carbocycles. The van der Waals surface area contributed by atoms with Crippen LogP contribution in [0.5, 0.6) is 0 Å². The lowest BCUT2D eigenvalue weighted by Gasteiger charge is -2.33. The Bertz CT molecular complexity index is 1430. The third-order valence-electron chi connectivity index (χ3n) is 6.42. The number of hydrogen-bond acceptors (Lipinski definition) is 4. The van der Waals surface area contributed by atoms with Crippen LogP contribution in [0.25, 0.3) is 0 Å². The number of sulfonamides is 1. The topological polar surface area (TPSA) is 86.8 Å². The second-order valence-corrected chi connectivity index (χ2v) is 12.1. The zero-order valence-electron chi connectivity index (χ0n) is 22.4. The van der Waals surface area contributed by atoms with Gasteiger partial charge in [0.05, 0.1) is 22.0 Å². The highest BCUT2D eigenvalue weighted by atomic mass is 35.5. The lowest BCUT2D eigenvalue weighted by atomic mass is 10.0. The van der Waals surface area contributed by atoms with E-state index in [1.807, 2.05) is 50.2 Å². The fourth-order valence-electron chi connectivity index (χ4n) is 4.18. The summed E-state index contributed by atoms with van der Waals surface area (Å²) in [7, 11) is -3.83. The Morgan fingerprint density at radius 1 is 0.897 bits per heavy atom. The molecule has 0 radical (unpaired) electrons. The lowest BCUT2D eigenvalue weighted by Crippen LogP contribution is -2.53.